The number of anilines is 1. The number of amides is 1. The standard InChI is InChI=1S/C12H7F11N2OS/c1-3-4(2)27-6(24-3)25-5(26)7(13)8(14,15)10(18,19)12(22,23)11(20,21)9(7,16)17/h1-2H3,(H,24,25,26). The topological polar surface area (TPSA) is 42.0 Å². The van der Waals surface area contributed by atoms with Gasteiger partial charge in [0.15, 0.2) is 5.13 Å². The summed E-state index contributed by atoms with van der Waals surface area (Å²) in [6, 6.07) is 0. The summed E-state index contributed by atoms with van der Waals surface area (Å²) in [7, 11) is 0. The molecule has 15 heteroatoms. The molecule has 0 aromatic carbocycles. The summed E-state index contributed by atoms with van der Waals surface area (Å²) in [5.74, 6) is -39.8. The van der Waals surface area contributed by atoms with Crippen molar-refractivity contribution >= 4 is 22.4 Å². The van der Waals surface area contributed by atoms with Gasteiger partial charge in [0.1, 0.15) is 0 Å². The van der Waals surface area contributed by atoms with E-state index in [2.05, 4.69) is 4.98 Å². The van der Waals surface area contributed by atoms with Crippen molar-refractivity contribution in [3.8, 4) is 0 Å². The first-order chi connectivity index (χ1) is 11.8. The summed E-state index contributed by atoms with van der Waals surface area (Å²) < 4.78 is 149. The molecule has 0 saturated heterocycles. The summed E-state index contributed by atoms with van der Waals surface area (Å²) in [6.45, 7) is 2.58. The molecule has 1 aromatic rings. The van der Waals surface area contributed by atoms with E-state index in [1.165, 1.54) is 13.8 Å². The van der Waals surface area contributed by atoms with Crippen LogP contribution in [0.3, 0.4) is 0 Å². The number of rotatable bonds is 2. The Morgan fingerprint density at radius 3 is 1.48 bits per heavy atom. The van der Waals surface area contributed by atoms with Gasteiger partial charge in [0.25, 0.3) is 5.91 Å². The van der Waals surface area contributed by atoms with Gasteiger partial charge in [-0.3, -0.25) is 10.1 Å². The highest BCUT2D eigenvalue weighted by molar-refractivity contribution is 7.15. The number of halogens is 11. The van der Waals surface area contributed by atoms with E-state index in [0.29, 0.717) is 11.3 Å². The molecule has 0 spiro atoms. The van der Waals surface area contributed by atoms with Gasteiger partial charge in [-0.05, 0) is 13.8 Å². The van der Waals surface area contributed by atoms with E-state index in [0.717, 1.165) is 5.32 Å². The van der Waals surface area contributed by atoms with Crippen LogP contribution in [0.1, 0.15) is 10.6 Å². The van der Waals surface area contributed by atoms with Gasteiger partial charge in [0, 0.05) is 4.88 Å². The number of hydrogen-bond acceptors (Lipinski definition) is 3. The van der Waals surface area contributed by atoms with Gasteiger partial charge in [0.2, 0.25) is 0 Å². The SMILES string of the molecule is Cc1nc(NC(=O)C2(F)C(F)(F)C(F)(F)C(F)(F)C(F)(F)C2(F)F)sc1C. The lowest BCUT2D eigenvalue weighted by Gasteiger charge is -2.51. The molecule has 27 heavy (non-hydrogen) atoms. The van der Waals surface area contributed by atoms with Crippen LogP contribution < -0.4 is 5.32 Å². The van der Waals surface area contributed by atoms with Crippen LogP contribution in [0.25, 0.3) is 0 Å². The fourth-order valence-electron chi connectivity index (χ4n) is 2.22. The second-order valence-corrected chi connectivity index (χ2v) is 6.85. The Labute approximate surface area is 146 Å². The average Bonchev–Trinajstić information content (AvgIpc) is 2.82. The highest BCUT2D eigenvalue weighted by Crippen LogP contribution is 2.69. The van der Waals surface area contributed by atoms with Crippen LogP contribution in [-0.4, -0.2) is 46.2 Å². The van der Waals surface area contributed by atoms with Crippen LogP contribution in [0.5, 0.6) is 0 Å². The largest absolute Gasteiger partial charge is 0.384 e. The van der Waals surface area contributed by atoms with Gasteiger partial charge in [-0.2, -0.15) is 43.9 Å². The number of thiazole rings is 1. The van der Waals surface area contributed by atoms with Crippen molar-refractivity contribution in [3.63, 3.8) is 0 Å². The van der Waals surface area contributed by atoms with Crippen LogP contribution in [0.4, 0.5) is 53.4 Å². The smallest absolute Gasteiger partial charge is 0.299 e. The molecule has 1 aliphatic rings. The van der Waals surface area contributed by atoms with E-state index in [-0.39, 0.29) is 10.6 Å². The highest BCUT2D eigenvalue weighted by atomic mass is 32.1. The van der Waals surface area contributed by atoms with Crippen LogP contribution in [0, 0.1) is 13.8 Å². The molecule has 2 rings (SSSR count). The molecule has 0 aliphatic heterocycles. The lowest BCUT2D eigenvalue weighted by atomic mass is 9.71. The van der Waals surface area contributed by atoms with Crippen molar-refractivity contribution in [2.75, 3.05) is 5.32 Å². The maximum Gasteiger partial charge on any atom is 0.384 e. The molecule has 0 atom stereocenters. The number of aromatic nitrogens is 1. The van der Waals surface area contributed by atoms with Crippen LogP contribution >= 0.6 is 11.3 Å². The molecule has 0 bridgehead atoms. The molecule has 1 N–H and O–H groups in total. The first-order valence-corrected chi connectivity index (χ1v) is 7.45. The van der Waals surface area contributed by atoms with Crippen LogP contribution in [-0.2, 0) is 4.79 Å². The zero-order valence-electron chi connectivity index (χ0n) is 12.9. The molecule has 3 nitrogen and oxygen atoms in total. The quantitative estimate of drug-likeness (QED) is 0.689. The van der Waals surface area contributed by atoms with Crippen molar-refractivity contribution in [3.05, 3.63) is 10.6 Å². The number of carbonyl (C=O) groups is 1. The van der Waals surface area contributed by atoms with Crippen molar-refractivity contribution < 1.29 is 53.1 Å². The third-order valence-electron chi connectivity index (χ3n) is 4.00. The Bertz CT molecular complexity index is 739. The zero-order valence-corrected chi connectivity index (χ0v) is 13.7. The minimum Gasteiger partial charge on any atom is -0.299 e. The van der Waals surface area contributed by atoms with Crippen LogP contribution in [0.2, 0.25) is 0 Å². The predicted molar refractivity (Wildman–Crippen MR) is 68.8 cm³/mol. The lowest BCUT2D eigenvalue weighted by molar-refractivity contribution is -0.475. The van der Waals surface area contributed by atoms with E-state index >= 15 is 0 Å². The molecular formula is C12H7F11N2OS. The Morgan fingerprint density at radius 1 is 0.778 bits per heavy atom. The fourth-order valence-corrected chi connectivity index (χ4v) is 3.03. The summed E-state index contributed by atoms with van der Waals surface area (Å²) in [6.07, 6.45) is 0. The summed E-state index contributed by atoms with van der Waals surface area (Å²) in [5.41, 5.74) is -6.64. The summed E-state index contributed by atoms with van der Waals surface area (Å²) >= 11 is 0.383. The minimum atomic E-state index is -7.36. The summed E-state index contributed by atoms with van der Waals surface area (Å²) in [4.78, 5) is 15.3. The Balaban J connectivity index is 2.68. The fraction of sp³-hybridized carbons (Fsp3) is 0.667. The number of nitrogens with one attached hydrogen (secondary N) is 1. The number of hydrogen-bond donors (Lipinski definition) is 1. The lowest BCUT2D eigenvalue weighted by Crippen LogP contribution is -2.86. The normalized spacial score (nSPS) is 26.4. The average molecular weight is 436 g/mol. The maximum atomic E-state index is 14.4. The predicted octanol–water partition coefficient (Wildman–Crippen LogP) is 4.60. The molecule has 0 radical (unpaired) electrons. The number of aryl methyl sites for hydroxylation is 2. The number of nitrogens with zero attached hydrogens (tertiary/aromatic N) is 1. The molecule has 1 amide bonds. The maximum absolute atomic E-state index is 14.4. The van der Waals surface area contributed by atoms with E-state index in [1.54, 1.807) is 0 Å². The molecule has 154 valence electrons. The second kappa shape index (κ2) is 5.44. The van der Waals surface area contributed by atoms with Crippen molar-refractivity contribution in [1.82, 2.24) is 4.98 Å². The van der Waals surface area contributed by atoms with Gasteiger partial charge in [-0.15, -0.1) is 11.3 Å². The third kappa shape index (κ3) is 2.20. The highest BCUT2D eigenvalue weighted by Gasteiger charge is 3.02. The van der Waals surface area contributed by atoms with Crippen molar-refractivity contribution in [2.45, 2.75) is 49.1 Å². The second-order valence-electron chi connectivity index (χ2n) is 5.65. The van der Waals surface area contributed by atoms with Crippen molar-refractivity contribution in [1.29, 1.82) is 0 Å². The molecule has 1 fully saturated rings. The van der Waals surface area contributed by atoms with Gasteiger partial charge in [-0.25, -0.2) is 9.37 Å². The monoisotopic (exact) mass is 436 g/mol. The van der Waals surface area contributed by atoms with Crippen molar-refractivity contribution in [2.24, 2.45) is 0 Å². The Morgan fingerprint density at radius 2 is 1.15 bits per heavy atom. The first kappa shape index (κ1) is 21.6. The Hall–Kier alpha value is -1.67. The molecule has 1 aromatic heterocycles. The number of carbonyl (C=O) groups excluding carboxylic acids is 1. The van der Waals surface area contributed by atoms with Gasteiger partial charge in [-0.1, -0.05) is 0 Å². The third-order valence-corrected chi connectivity index (χ3v) is 4.99. The molecule has 1 heterocycles. The van der Waals surface area contributed by atoms with Crippen LogP contribution in [0.15, 0.2) is 0 Å². The molecular weight excluding hydrogens is 429 g/mol. The number of alkyl halides is 11. The Kier molecular flexibility index (Phi) is 4.36. The van der Waals surface area contributed by atoms with Gasteiger partial charge >= 0.3 is 35.3 Å². The van der Waals surface area contributed by atoms with E-state index in [1.807, 2.05) is 0 Å². The first-order valence-electron chi connectivity index (χ1n) is 6.64. The minimum absolute atomic E-state index is 0.0764. The zero-order chi connectivity index (χ0) is 21.4. The molecule has 0 unspecified atom stereocenters. The van der Waals surface area contributed by atoms with E-state index in [4.69, 9.17) is 0 Å². The van der Waals surface area contributed by atoms with Gasteiger partial charge in [0.05, 0.1) is 5.69 Å². The van der Waals surface area contributed by atoms with E-state index < -0.39 is 46.3 Å². The molecule has 1 aliphatic carbocycles. The summed E-state index contributed by atoms with van der Waals surface area (Å²) in [5, 5.41) is 0.0773. The molecule has 1 saturated carbocycles. The van der Waals surface area contributed by atoms with E-state index in [9.17, 15) is 53.1 Å². The van der Waals surface area contributed by atoms with Gasteiger partial charge < -0.3 is 0 Å².